The maximum absolute atomic E-state index is 13.5. The van der Waals surface area contributed by atoms with Gasteiger partial charge in [0, 0.05) is 43.1 Å². The molecule has 0 radical (unpaired) electrons. The van der Waals surface area contributed by atoms with E-state index in [-0.39, 0.29) is 17.5 Å². The van der Waals surface area contributed by atoms with Crippen LogP contribution in [0.4, 0.5) is 25.8 Å². The standard InChI is InChI=1S/C26H27F2N5O3/c1-26(2,25(35)33-7-9-36-10-8-33)15-3-6-19-21(11-15)31-24(34)18-5-4-16(12-20(18)30-19)29-17-13-22(27)32-23(28)14-17/h3,6,11,13-14,18H,4-5,7-10,12H2,1-2H3,(H,31,34). The molecule has 1 aromatic carbocycles. The molecule has 3 heterocycles. The number of carbonyl (C=O) groups excluding carboxylic acids is 2. The highest BCUT2D eigenvalue weighted by molar-refractivity contribution is 6.20. The van der Waals surface area contributed by atoms with E-state index in [2.05, 4.69) is 15.3 Å². The molecule has 1 unspecified atom stereocenters. The fourth-order valence-corrected chi connectivity index (χ4v) is 4.88. The highest BCUT2D eigenvalue weighted by atomic mass is 19.1. The van der Waals surface area contributed by atoms with Gasteiger partial charge < -0.3 is 15.0 Å². The third kappa shape index (κ3) is 4.77. The number of aromatic nitrogens is 1. The number of ether oxygens (including phenoxy) is 1. The quantitative estimate of drug-likeness (QED) is 0.649. The highest BCUT2D eigenvalue weighted by Gasteiger charge is 2.36. The smallest absolute Gasteiger partial charge is 0.233 e. The Morgan fingerprint density at radius 3 is 2.61 bits per heavy atom. The van der Waals surface area contributed by atoms with Crippen LogP contribution in [-0.2, 0) is 19.7 Å². The predicted octanol–water partition coefficient (Wildman–Crippen LogP) is 4.09. The minimum atomic E-state index is -0.936. The zero-order chi connectivity index (χ0) is 25.4. The van der Waals surface area contributed by atoms with Gasteiger partial charge in [-0.15, -0.1) is 0 Å². The fraction of sp³-hybridized carbons (Fsp3) is 0.423. The number of halogens is 2. The Hall–Kier alpha value is -3.53. The minimum absolute atomic E-state index is 0.00974. The molecule has 2 aliphatic heterocycles. The van der Waals surface area contributed by atoms with Crippen molar-refractivity contribution in [3.8, 4) is 0 Å². The van der Waals surface area contributed by atoms with Crippen LogP contribution >= 0.6 is 0 Å². The first-order chi connectivity index (χ1) is 17.2. The van der Waals surface area contributed by atoms with Crippen molar-refractivity contribution in [2.24, 2.45) is 15.9 Å². The molecule has 5 rings (SSSR count). The number of aliphatic imine (C=N–C) groups is 2. The second-order valence-electron chi connectivity index (χ2n) is 9.77. The van der Waals surface area contributed by atoms with Crippen LogP contribution in [0, 0.1) is 17.8 Å². The Morgan fingerprint density at radius 2 is 1.89 bits per heavy atom. The minimum Gasteiger partial charge on any atom is -0.378 e. The van der Waals surface area contributed by atoms with Crippen LogP contribution in [0.25, 0.3) is 0 Å². The molecule has 188 valence electrons. The summed E-state index contributed by atoms with van der Waals surface area (Å²) in [5, 5.41) is 2.99. The molecule has 1 saturated heterocycles. The first-order valence-corrected chi connectivity index (χ1v) is 12.0. The average molecular weight is 496 g/mol. The highest BCUT2D eigenvalue weighted by Crippen LogP contribution is 2.37. The van der Waals surface area contributed by atoms with Gasteiger partial charge in [0.2, 0.25) is 23.7 Å². The number of carbonyl (C=O) groups is 2. The van der Waals surface area contributed by atoms with Crippen LogP contribution in [0.1, 0.15) is 38.7 Å². The number of hydrogen-bond donors (Lipinski definition) is 1. The monoisotopic (exact) mass is 495 g/mol. The van der Waals surface area contributed by atoms with Crippen LogP contribution in [-0.4, -0.2) is 59.4 Å². The van der Waals surface area contributed by atoms with E-state index in [9.17, 15) is 18.4 Å². The lowest BCUT2D eigenvalue weighted by Gasteiger charge is -2.34. The van der Waals surface area contributed by atoms with Gasteiger partial charge in [0.25, 0.3) is 0 Å². The van der Waals surface area contributed by atoms with E-state index in [0.717, 1.165) is 17.7 Å². The Kier molecular flexibility index (Phi) is 6.38. The number of pyridine rings is 1. The van der Waals surface area contributed by atoms with Gasteiger partial charge in [0.15, 0.2) is 0 Å². The third-order valence-electron chi connectivity index (χ3n) is 6.93. The van der Waals surface area contributed by atoms with E-state index in [1.165, 1.54) is 0 Å². The normalized spacial score (nSPS) is 21.3. The van der Waals surface area contributed by atoms with Crippen molar-refractivity contribution in [3.63, 3.8) is 0 Å². The Morgan fingerprint density at radius 1 is 1.17 bits per heavy atom. The van der Waals surface area contributed by atoms with Crippen molar-refractivity contribution < 1.29 is 23.1 Å². The van der Waals surface area contributed by atoms with Crippen molar-refractivity contribution in [1.82, 2.24) is 9.88 Å². The molecule has 10 heteroatoms. The lowest BCUT2D eigenvalue weighted by atomic mass is 9.82. The van der Waals surface area contributed by atoms with E-state index in [4.69, 9.17) is 9.73 Å². The number of benzene rings is 1. The van der Waals surface area contributed by atoms with E-state index in [1.807, 2.05) is 36.9 Å². The number of rotatable bonds is 3. The van der Waals surface area contributed by atoms with Gasteiger partial charge >= 0.3 is 0 Å². The SMILES string of the molecule is CC(C)(C(=O)N1CCOCC1)c1ccc2c(c1)NC(=O)C1CCC(=Nc3cc(F)nc(F)c3)CC1=N2. The van der Waals surface area contributed by atoms with Crippen molar-refractivity contribution >= 4 is 40.3 Å². The van der Waals surface area contributed by atoms with Gasteiger partial charge in [-0.05, 0) is 44.4 Å². The summed E-state index contributed by atoms with van der Waals surface area (Å²) in [5.74, 6) is -2.45. The molecule has 2 fully saturated rings. The van der Waals surface area contributed by atoms with Crippen LogP contribution < -0.4 is 5.32 Å². The molecule has 8 nitrogen and oxygen atoms in total. The lowest BCUT2D eigenvalue weighted by molar-refractivity contribution is -0.140. The second-order valence-corrected chi connectivity index (χ2v) is 9.77. The van der Waals surface area contributed by atoms with Gasteiger partial charge in [0.05, 0.1) is 41.6 Å². The summed E-state index contributed by atoms with van der Waals surface area (Å²) in [6.45, 7) is 5.92. The Bertz CT molecular complexity index is 1260. The summed E-state index contributed by atoms with van der Waals surface area (Å²) in [7, 11) is 0. The number of nitrogens with one attached hydrogen (secondary N) is 1. The Labute approximate surface area is 207 Å². The van der Waals surface area contributed by atoms with Crippen molar-refractivity contribution in [2.45, 2.75) is 38.5 Å². The third-order valence-corrected chi connectivity index (χ3v) is 6.93. The van der Waals surface area contributed by atoms with Gasteiger partial charge in [-0.1, -0.05) is 6.07 Å². The first kappa shape index (κ1) is 24.2. The summed E-state index contributed by atoms with van der Waals surface area (Å²) in [6, 6.07) is 7.65. The summed E-state index contributed by atoms with van der Waals surface area (Å²) >= 11 is 0. The van der Waals surface area contributed by atoms with Gasteiger partial charge in [0.1, 0.15) is 0 Å². The molecule has 1 atom stereocenters. The Balaban J connectivity index is 1.42. The van der Waals surface area contributed by atoms with Crippen LogP contribution in [0.3, 0.4) is 0 Å². The molecule has 1 N–H and O–H groups in total. The summed E-state index contributed by atoms with van der Waals surface area (Å²) in [6.07, 6.45) is 1.32. The lowest BCUT2D eigenvalue weighted by Crippen LogP contribution is -2.48. The zero-order valence-electron chi connectivity index (χ0n) is 20.2. The molecule has 1 aromatic heterocycles. The largest absolute Gasteiger partial charge is 0.378 e. The van der Waals surface area contributed by atoms with Crippen LogP contribution in [0.15, 0.2) is 40.3 Å². The molecule has 0 bridgehead atoms. The number of nitrogens with zero attached hydrogens (tertiary/aromatic N) is 4. The first-order valence-electron chi connectivity index (χ1n) is 12.0. The van der Waals surface area contributed by atoms with E-state index in [0.29, 0.717) is 68.4 Å². The van der Waals surface area contributed by atoms with Crippen molar-refractivity contribution in [1.29, 1.82) is 0 Å². The molecule has 2 aromatic rings. The van der Waals surface area contributed by atoms with E-state index in [1.54, 1.807) is 0 Å². The molecule has 1 saturated carbocycles. The van der Waals surface area contributed by atoms with E-state index >= 15 is 0 Å². The maximum atomic E-state index is 13.5. The number of morpholine rings is 1. The summed E-state index contributed by atoms with van der Waals surface area (Å²) in [5.41, 5.74) is 2.64. The number of fused-ring (bicyclic) bond motifs is 2. The van der Waals surface area contributed by atoms with Gasteiger partial charge in [-0.3, -0.25) is 19.6 Å². The molecular weight excluding hydrogens is 468 g/mol. The van der Waals surface area contributed by atoms with Gasteiger partial charge in [-0.2, -0.15) is 13.8 Å². The molecule has 3 aliphatic rings. The van der Waals surface area contributed by atoms with E-state index < -0.39 is 23.2 Å². The fourth-order valence-electron chi connectivity index (χ4n) is 4.88. The molecular formula is C26H27F2N5O3. The average Bonchev–Trinajstić information content (AvgIpc) is 2.98. The number of anilines is 1. The van der Waals surface area contributed by atoms with Crippen LogP contribution in [0.5, 0.6) is 0 Å². The van der Waals surface area contributed by atoms with Crippen molar-refractivity contribution in [3.05, 3.63) is 47.8 Å². The number of amides is 2. The number of hydrogen-bond acceptors (Lipinski definition) is 6. The van der Waals surface area contributed by atoms with Gasteiger partial charge in [-0.25, -0.2) is 0 Å². The summed E-state index contributed by atoms with van der Waals surface area (Å²) in [4.78, 5) is 40.4. The zero-order valence-corrected chi connectivity index (χ0v) is 20.2. The molecule has 2 amide bonds. The second kappa shape index (κ2) is 9.50. The summed E-state index contributed by atoms with van der Waals surface area (Å²) < 4.78 is 32.3. The van der Waals surface area contributed by atoms with Crippen molar-refractivity contribution in [2.75, 3.05) is 31.6 Å². The predicted molar refractivity (Wildman–Crippen MR) is 131 cm³/mol. The molecule has 1 aliphatic carbocycles. The van der Waals surface area contributed by atoms with Crippen LogP contribution in [0.2, 0.25) is 0 Å². The molecule has 36 heavy (non-hydrogen) atoms. The molecule has 0 spiro atoms. The topological polar surface area (TPSA) is 96.2 Å². The maximum Gasteiger partial charge on any atom is 0.233 e.